The lowest BCUT2D eigenvalue weighted by atomic mass is 9.71. The van der Waals surface area contributed by atoms with Gasteiger partial charge in [-0.3, -0.25) is 0 Å². The van der Waals surface area contributed by atoms with Crippen molar-refractivity contribution in [1.29, 1.82) is 0 Å². The molecule has 19 heavy (non-hydrogen) atoms. The lowest BCUT2D eigenvalue weighted by Gasteiger charge is -2.38. The Balaban J connectivity index is 1.44. The average Bonchev–Trinajstić information content (AvgIpc) is 3.05. The van der Waals surface area contributed by atoms with E-state index in [1.54, 1.807) is 6.26 Å². The van der Waals surface area contributed by atoms with Crippen LogP contribution in [0.2, 0.25) is 0 Å². The Morgan fingerprint density at radius 2 is 2.00 bits per heavy atom. The van der Waals surface area contributed by atoms with Crippen molar-refractivity contribution in [2.24, 2.45) is 5.41 Å². The molecule has 3 rings (SSSR count). The van der Waals surface area contributed by atoms with Crippen LogP contribution in [0.5, 0.6) is 0 Å². The summed E-state index contributed by atoms with van der Waals surface area (Å²) in [6.07, 6.45) is 14.4. The summed E-state index contributed by atoms with van der Waals surface area (Å²) >= 11 is 0. The van der Waals surface area contributed by atoms with Gasteiger partial charge in [-0.1, -0.05) is 12.8 Å². The molecule has 0 amide bonds. The molecule has 2 heteroatoms. The quantitative estimate of drug-likeness (QED) is 0.874. The molecule has 0 saturated heterocycles. The lowest BCUT2D eigenvalue weighted by Crippen LogP contribution is -2.41. The summed E-state index contributed by atoms with van der Waals surface area (Å²) in [5, 5.41) is 3.80. The van der Waals surface area contributed by atoms with E-state index < -0.39 is 0 Å². The first-order valence-electron chi connectivity index (χ1n) is 8.04. The molecule has 0 aliphatic heterocycles. The fourth-order valence-corrected chi connectivity index (χ4v) is 4.21. The van der Waals surface area contributed by atoms with E-state index >= 15 is 0 Å². The van der Waals surface area contributed by atoms with E-state index in [-0.39, 0.29) is 0 Å². The molecule has 2 nitrogen and oxygen atoms in total. The molecule has 1 aromatic heterocycles. The van der Waals surface area contributed by atoms with E-state index in [1.165, 1.54) is 51.4 Å². The summed E-state index contributed by atoms with van der Waals surface area (Å²) in [6.45, 7) is 2.28. The first kappa shape index (κ1) is 13.2. The first-order valence-corrected chi connectivity index (χ1v) is 8.04. The number of rotatable bonds is 4. The molecule has 1 unspecified atom stereocenters. The van der Waals surface area contributed by atoms with Crippen LogP contribution in [-0.2, 0) is 6.42 Å². The molecule has 1 atom stereocenters. The Morgan fingerprint density at radius 1 is 1.26 bits per heavy atom. The van der Waals surface area contributed by atoms with Gasteiger partial charge in [0, 0.05) is 18.5 Å². The lowest BCUT2D eigenvalue weighted by molar-refractivity contribution is 0.163. The first-order chi connectivity index (χ1) is 9.26. The SMILES string of the molecule is CC(Cc1ccco1)NC1CCC2(CCCC2)CC1. The molecule has 0 radical (unpaired) electrons. The van der Waals surface area contributed by atoms with Crippen molar-refractivity contribution in [2.75, 3.05) is 0 Å². The minimum absolute atomic E-state index is 0.522. The highest BCUT2D eigenvalue weighted by Gasteiger charge is 2.37. The van der Waals surface area contributed by atoms with Gasteiger partial charge in [-0.15, -0.1) is 0 Å². The number of hydrogen-bond donors (Lipinski definition) is 1. The van der Waals surface area contributed by atoms with Crippen LogP contribution in [0, 0.1) is 5.41 Å². The van der Waals surface area contributed by atoms with E-state index in [1.807, 2.05) is 6.07 Å². The second-order valence-electron chi connectivity index (χ2n) is 6.83. The van der Waals surface area contributed by atoms with Gasteiger partial charge >= 0.3 is 0 Å². The van der Waals surface area contributed by atoms with E-state index in [0.29, 0.717) is 6.04 Å². The summed E-state index contributed by atoms with van der Waals surface area (Å²) in [6, 6.07) is 5.31. The van der Waals surface area contributed by atoms with Gasteiger partial charge < -0.3 is 9.73 Å². The van der Waals surface area contributed by atoms with Crippen LogP contribution in [-0.4, -0.2) is 12.1 Å². The molecule has 1 spiro atoms. The van der Waals surface area contributed by atoms with Gasteiger partial charge in [-0.25, -0.2) is 0 Å². The van der Waals surface area contributed by atoms with E-state index in [2.05, 4.69) is 18.3 Å². The maximum absolute atomic E-state index is 5.43. The molecule has 1 aromatic rings. The third kappa shape index (κ3) is 3.22. The maximum Gasteiger partial charge on any atom is 0.105 e. The van der Waals surface area contributed by atoms with Crippen molar-refractivity contribution in [3.8, 4) is 0 Å². The maximum atomic E-state index is 5.43. The molecule has 2 aliphatic carbocycles. The largest absolute Gasteiger partial charge is 0.469 e. The average molecular weight is 261 g/mol. The number of furan rings is 1. The van der Waals surface area contributed by atoms with Crippen molar-refractivity contribution in [3.05, 3.63) is 24.2 Å². The van der Waals surface area contributed by atoms with Crippen molar-refractivity contribution in [2.45, 2.75) is 76.8 Å². The molecule has 0 aromatic carbocycles. The van der Waals surface area contributed by atoms with Crippen LogP contribution in [0.1, 0.15) is 64.1 Å². The monoisotopic (exact) mass is 261 g/mol. The summed E-state index contributed by atoms with van der Waals surface area (Å²) in [4.78, 5) is 0. The molecular weight excluding hydrogens is 234 g/mol. The van der Waals surface area contributed by atoms with Crippen molar-refractivity contribution < 1.29 is 4.42 Å². The van der Waals surface area contributed by atoms with Gasteiger partial charge in [0.2, 0.25) is 0 Å². The van der Waals surface area contributed by atoms with Crippen LogP contribution in [0.3, 0.4) is 0 Å². The molecular formula is C17H27NO. The fraction of sp³-hybridized carbons (Fsp3) is 0.765. The topological polar surface area (TPSA) is 25.2 Å². The normalized spacial score (nSPS) is 24.9. The summed E-state index contributed by atoms with van der Waals surface area (Å²) in [5.41, 5.74) is 0.752. The minimum atomic E-state index is 0.522. The zero-order valence-corrected chi connectivity index (χ0v) is 12.2. The predicted octanol–water partition coefficient (Wildman–Crippen LogP) is 4.30. The Morgan fingerprint density at radius 3 is 2.63 bits per heavy atom. The second kappa shape index (κ2) is 5.70. The van der Waals surface area contributed by atoms with E-state index in [0.717, 1.165) is 23.6 Å². The molecule has 2 saturated carbocycles. The standard InChI is InChI=1S/C17H27NO/c1-14(13-16-5-4-12-19-16)18-15-6-10-17(11-7-15)8-2-3-9-17/h4-5,12,14-15,18H,2-3,6-11,13H2,1H3. The Bertz CT molecular complexity index is 368. The molecule has 2 fully saturated rings. The zero-order valence-electron chi connectivity index (χ0n) is 12.2. The molecule has 1 N–H and O–H groups in total. The summed E-state index contributed by atoms with van der Waals surface area (Å²) < 4.78 is 5.43. The highest BCUT2D eigenvalue weighted by atomic mass is 16.3. The Labute approximate surface area is 117 Å². The summed E-state index contributed by atoms with van der Waals surface area (Å²) in [5.74, 6) is 1.10. The third-order valence-electron chi connectivity index (χ3n) is 5.32. The smallest absolute Gasteiger partial charge is 0.105 e. The zero-order chi connectivity index (χ0) is 13.1. The van der Waals surface area contributed by atoms with E-state index in [9.17, 15) is 0 Å². The highest BCUT2D eigenvalue weighted by molar-refractivity contribution is 5.00. The van der Waals surface area contributed by atoms with Crippen molar-refractivity contribution >= 4 is 0 Å². The molecule has 2 aliphatic rings. The number of hydrogen-bond acceptors (Lipinski definition) is 2. The van der Waals surface area contributed by atoms with Gasteiger partial charge in [-0.2, -0.15) is 0 Å². The fourth-order valence-electron chi connectivity index (χ4n) is 4.21. The van der Waals surface area contributed by atoms with Crippen molar-refractivity contribution in [1.82, 2.24) is 5.32 Å². The summed E-state index contributed by atoms with van der Waals surface area (Å²) in [7, 11) is 0. The van der Waals surface area contributed by atoms with Gasteiger partial charge in [0.1, 0.15) is 5.76 Å². The van der Waals surface area contributed by atoms with Crippen LogP contribution in [0.15, 0.2) is 22.8 Å². The Hall–Kier alpha value is -0.760. The minimum Gasteiger partial charge on any atom is -0.469 e. The predicted molar refractivity (Wildman–Crippen MR) is 78.2 cm³/mol. The highest BCUT2D eigenvalue weighted by Crippen LogP contribution is 2.48. The van der Waals surface area contributed by atoms with Gasteiger partial charge in [0.25, 0.3) is 0 Å². The van der Waals surface area contributed by atoms with E-state index in [4.69, 9.17) is 4.42 Å². The number of nitrogens with one attached hydrogen (secondary N) is 1. The van der Waals surface area contributed by atoms with Crippen LogP contribution in [0.4, 0.5) is 0 Å². The van der Waals surface area contributed by atoms with Crippen molar-refractivity contribution in [3.63, 3.8) is 0 Å². The molecule has 0 bridgehead atoms. The van der Waals surface area contributed by atoms with Gasteiger partial charge in [0.05, 0.1) is 6.26 Å². The third-order valence-corrected chi connectivity index (χ3v) is 5.32. The van der Waals surface area contributed by atoms with Gasteiger partial charge in [-0.05, 0) is 63.0 Å². The van der Waals surface area contributed by atoms with Crippen LogP contribution >= 0.6 is 0 Å². The second-order valence-corrected chi connectivity index (χ2v) is 6.83. The van der Waals surface area contributed by atoms with Crippen LogP contribution < -0.4 is 5.32 Å². The molecule has 106 valence electrons. The Kier molecular flexibility index (Phi) is 3.97. The molecule has 1 heterocycles. The van der Waals surface area contributed by atoms with Crippen LogP contribution in [0.25, 0.3) is 0 Å². The van der Waals surface area contributed by atoms with Gasteiger partial charge in [0.15, 0.2) is 0 Å².